The van der Waals surface area contributed by atoms with Crippen molar-refractivity contribution in [1.82, 2.24) is 20.2 Å². The van der Waals surface area contributed by atoms with Gasteiger partial charge in [-0.2, -0.15) is 0 Å². The summed E-state index contributed by atoms with van der Waals surface area (Å²) < 4.78 is 3.67. The molecule has 0 saturated carbocycles. The number of nitrogens with zero attached hydrogens (tertiary/aromatic N) is 2. The summed E-state index contributed by atoms with van der Waals surface area (Å²) in [5.41, 5.74) is 0.132. The average Bonchev–Trinajstić information content (AvgIpc) is 2.62. The van der Waals surface area contributed by atoms with Gasteiger partial charge < -0.3 is 10.6 Å². The molecule has 1 rings (SSSR count). The summed E-state index contributed by atoms with van der Waals surface area (Å²) in [5.74, 6) is -0.349. The second kappa shape index (κ2) is 6.29. The molecule has 0 aliphatic heterocycles. The molecule has 0 fully saturated rings. The minimum absolute atomic E-state index is 0.00320. The van der Waals surface area contributed by atoms with Gasteiger partial charge in [-0.1, -0.05) is 4.49 Å². The number of hydrogen-bond acceptors (Lipinski definition) is 5. The predicted octanol–water partition coefficient (Wildman–Crippen LogP) is 1.21. The number of anilines is 1. The summed E-state index contributed by atoms with van der Waals surface area (Å²) in [6.45, 7) is 7.38. The molecule has 1 aromatic rings. The number of urea groups is 1. The van der Waals surface area contributed by atoms with Gasteiger partial charge in [0.05, 0.1) is 0 Å². The topological polar surface area (TPSA) is 96.0 Å². The molecule has 0 aromatic carbocycles. The lowest BCUT2D eigenvalue weighted by Crippen LogP contribution is -2.35. The van der Waals surface area contributed by atoms with E-state index < -0.39 is 0 Å². The first-order valence-corrected chi connectivity index (χ1v) is 6.38. The van der Waals surface area contributed by atoms with E-state index in [1.165, 1.54) is 0 Å². The second-order valence-corrected chi connectivity index (χ2v) is 5.09. The fourth-order valence-electron chi connectivity index (χ4n) is 1.15. The van der Waals surface area contributed by atoms with E-state index in [1.54, 1.807) is 0 Å². The van der Waals surface area contributed by atoms with Crippen LogP contribution in [0.25, 0.3) is 0 Å². The summed E-state index contributed by atoms with van der Waals surface area (Å²) in [4.78, 5) is 23.3. The van der Waals surface area contributed by atoms with Crippen LogP contribution in [0.4, 0.5) is 9.80 Å². The highest BCUT2D eigenvalue weighted by molar-refractivity contribution is 7.10. The van der Waals surface area contributed by atoms with Crippen LogP contribution in [0.5, 0.6) is 0 Å². The van der Waals surface area contributed by atoms with Gasteiger partial charge in [0.1, 0.15) is 0 Å². The van der Waals surface area contributed by atoms with Gasteiger partial charge in [-0.25, -0.2) is 4.79 Å². The molecule has 0 unspecified atom stereocenters. The zero-order chi connectivity index (χ0) is 13.7. The Bertz CT molecular complexity index is 430. The molecule has 0 atom stereocenters. The Labute approximate surface area is 110 Å². The lowest BCUT2D eigenvalue weighted by molar-refractivity contribution is 0.0939. The van der Waals surface area contributed by atoms with Crippen LogP contribution in [-0.4, -0.2) is 33.6 Å². The standard InChI is InChI=1S/C10H17N5O2S/c1-5(2)11-8(16)7-9(18-15-14-7)13-10(17)12-6(3)4/h5-6H,1-4H3,(H,11,16)(H2,12,13,17). The van der Waals surface area contributed by atoms with Crippen LogP contribution in [-0.2, 0) is 0 Å². The molecule has 18 heavy (non-hydrogen) atoms. The van der Waals surface area contributed by atoms with Crippen molar-refractivity contribution in [1.29, 1.82) is 0 Å². The molecule has 0 spiro atoms. The van der Waals surface area contributed by atoms with E-state index in [-0.39, 0.29) is 29.7 Å². The first kappa shape index (κ1) is 14.4. The maximum Gasteiger partial charge on any atom is 0.320 e. The van der Waals surface area contributed by atoms with Gasteiger partial charge in [0.25, 0.3) is 5.91 Å². The molecule has 8 heteroatoms. The van der Waals surface area contributed by atoms with E-state index in [2.05, 4.69) is 25.5 Å². The van der Waals surface area contributed by atoms with Crippen molar-refractivity contribution in [3.8, 4) is 0 Å². The quantitative estimate of drug-likeness (QED) is 0.766. The molecule has 0 radical (unpaired) electrons. The monoisotopic (exact) mass is 271 g/mol. The molecule has 0 saturated heterocycles. The van der Waals surface area contributed by atoms with E-state index in [0.29, 0.717) is 5.00 Å². The molecule has 100 valence electrons. The Morgan fingerprint density at radius 1 is 1.11 bits per heavy atom. The highest BCUT2D eigenvalue weighted by Gasteiger charge is 2.18. The van der Waals surface area contributed by atoms with Crippen LogP contribution in [0.1, 0.15) is 38.2 Å². The molecule has 0 bridgehead atoms. The fourth-order valence-corrected chi connectivity index (χ4v) is 1.72. The Morgan fingerprint density at radius 2 is 1.72 bits per heavy atom. The lowest BCUT2D eigenvalue weighted by Gasteiger charge is -2.10. The Kier molecular flexibility index (Phi) is 5.02. The zero-order valence-corrected chi connectivity index (χ0v) is 11.6. The Balaban J connectivity index is 2.71. The number of nitrogens with one attached hydrogen (secondary N) is 3. The van der Waals surface area contributed by atoms with Crippen LogP contribution >= 0.6 is 11.5 Å². The van der Waals surface area contributed by atoms with Crippen LogP contribution < -0.4 is 16.0 Å². The Hall–Kier alpha value is -1.70. The maximum absolute atomic E-state index is 11.8. The highest BCUT2D eigenvalue weighted by atomic mass is 32.1. The van der Waals surface area contributed by atoms with Crippen LogP contribution in [0, 0.1) is 0 Å². The van der Waals surface area contributed by atoms with Gasteiger partial charge in [0.2, 0.25) is 0 Å². The second-order valence-electron chi connectivity index (χ2n) is 4.33. The molecule has 0 aliphatic rings. The molecular weight excluding hydrogens is 254 g/mol. The highest BCUT2D eigenvalue weighted by Crippen LogP contribution is 2.17. The van der Waals surface area contributed by atoms with Crippen molar-refractivity contribution in [2.45, 2.75) is 39.8 Å². The van der Waals surface area contributed by atoms with Crippen LogP contribution in [0.3, 0.4) is 0 Å². The summed E-state index contributed by atoms with van der Waals surface area (Å²) in [6.07, 6.45) is 0. The van der Waals surface area contributed by atoms with E-state index in [4.69, 9.17) is 0 Å². The summed E-state index contributed by atoms with van der Waals surface area (Å²) >= 11 is 0.966. The minimum atomic E-state index is -0.380. The van der Waals surface area contributed by atoms with Gasteiger partial charge in [0.15, 0.2) is 10.7 Å². The fraction of sp³-hybridized carbons (Fsp3) is 0.600. The van der Waals surface area contributed by atoms with Gasteiger partial charge in [0, 0.05) is 23.6 Å². The van der Waals surface area contributed by atoms with Gasteiger partial charge >= 0.3 is 6.03 Å². The molecule has 1 aromatic heterocycles. The minimum Gasteiger partial charge on any atom is -0.348 e. The maximum atomic E-state index is 11.8. The van der Waals surface area contributed by atoms with Crippen molar-refractivity contribution in [2.75, 3.05) is 5.32 Å². The molecular formula is C10H17N5O2S. The molecule has 3 amide bonds. The predicted molar refractivity (Wildman–Crippen MR) is 69.8 cm³/mol. The van der Waals surface area contributed by atoms with Crippen molar-refractivity contribution >= 4 is 28.5 Å². The van der Waals surface area contributed by atoms with E-state index >= 15 is 0 Å². The number of hydrogen-bond donors (Lipinski definition) is 3. The SMILES string of the molecule is CC(C)NC(=O)Nc1snnc1C(=O)NC(C)C. The Morgan fingerprint density at radius 3 is 2.28 bits per heavy atom. The van der Waals surface area contributed by atoms with Crippen molar-refractivity contribution in [3.63, 3.8) is 0 Å². The normalized spacial score (nSPS) is 10.6. The lowest BCUT2D eigenvalue weighted by atomic mass is 10.3. The van der Waals surface area contributed by atoms with Crippen LogP contribution in [0.2, 0.25) is 0 Å². The first-order valence-electron chi connectivity index (χ1n) is 5.61. The summed E-state index contributed by atoms with van der Waals surface area (Å²) in [5, 5.41) is 12.0. The molecule has 7 nitrogen and oxygen atoms in total. The third-order valence-electron chi connectivity index (χ3n) is 1.77. The number of amides is 3. The number of aromatic nitrogens is 2. The van der Waals surface area contributed by atoms with E-state index in [0.717, 1.165) is 11.5 Å². The molecule has 0 aliphatic carbocycles. The van der Waals surface area contributed by atoms with Crippen molar-refractivity contribution in [3.05, 3.63) is 5.69 Å². The third-order valence-corrected chi connectivity index (χ3v) is 2.41. The number of carbonyl (C=O) groups excluding carboxylic acids is 2. The number of carbonyl (C=O) groups is 2. The van der Waals surface area contributed by atoms with E-state index in [1.807, 2.05) is 27.7 Å². The molecule has 1 heterocycles. The summed E-state index contributed by atoms with van der Waals surface area (Å²) in [6, 6.07) is -0.370. The number of rotatable bonds is 4. The smallest absolute Gasteiger partial charge is 0.320 e. The third kappa shape index (κ3) is 4.28. The molecule has 3 N–H and O–H groups in total. The first-order chi connectivity index (χ1) is 8.40. The van der Waals surface area contributed by atoms with Crippen LogP contribution in [0.15, 0.2) is 0 Å². The van der Waals surface area contributed by atoms with Crippen molar-refractivity contribution in [2.24, 2.45) is 0 Å². The van der Waals surface area contributed by atoms with E-state index in [9.17, 15) is 9.59 Å². The summed E-state index contributed by atoms with van der Waals surface area (Å²) in [7, 11) is 0. The largest absolute Gasteiger partial charge is 0.348 e. The zero-order valence-electron chi connectivity index (χ0n) is 10.8. The van der Waals surface area contributed by atoms with Gasteiger partial charge in [-0.15, -0.1) is 5.10 Å². The van der Waals surface area contributed by atoms with Gasteiger partial charge in [-0.05, 0) is 27.7 Å². The average molecular weight is 271 g/mol. The van der Waals surface area contributed by atoms with Gasteiger partial charge in [-0.3, -0.25) is 10.1 Å². The van der Waals surface area contributed by atoms with Crippen molar-refractivity contribution < 1.29 is 9.59 Å².